The molecule has 0 radical (unpaired) electrons. The topological polar surface area (TPSA) is 39.9 Å². The maximum atomic E-state index is 6.88. The molecule has 8 aromatic carbocycles. The molecule has 1 aliphatic heterocycles. The fourth-order valence-corrected chi connectivity index (χ4v) is 11.3. The quantitative estimate of drug-likeness (QED) is 0.176. The molecule has 0 saturated carbocycles. The van der Waals surface area contributed by atoms with Crippen molar-refractivity contribution in [3.05, 3.63) is 181 Å². The molecule has 4 atom stereocenters. The standard InChI is InChI=1S/C56H33NO3/c1-4-10-48-38(7-1)42-24-32(17-19-51(42)58-48)30-13-15-34-23-41-44-29-53-54(40-9-3-6-12-50(40)60-53)55-45-26-35-16-14-31(33-18-20-52-43(25-33)39-8-2-5-11-49(39)59-52)22-37(35)28-47(45)57(56(44)55)46(41)27-36(34)21-30/h1-29,40,50,53-54H/t40?,50?,53?,54-/m1/s1. The molecule has 1 saturated heterocycles. The number of benzene rings is 8. The Bertz CT molecular complexity index is 4020. The van der Waals surface area contributed by atoms with E-state index in [1.807, 2.05) is 24.3 Å². The Morgan fingerprint density at radius 3 is 1.63 bits per heavy atom. The second kappa shape index (κ2) is 11.2. The number of rotatable bonds is 2. The third-order valence-corrected chi connectivity index (χ3v) is 14.0. The zero-order valence-corrected chi connectivity index (χ0v) is 32.2. The summed E-state index contributed by atoms with van der Waals surface area (Å²) >= 11 is 0. The molecule has 280 valence electrons. The van der Waals surface area contributed by atoms with Crippen molar-refractivity contribution in [1.29, 1.82) is 0 Å². The second-order valence-electron chi connectivity index (χ2n) is 17.1. The number of nitrogens with zero attached hydrogens (tertiary/aromatic N) is 1. The normalized spacial score (nSPS) is 19.6. The Morgan fingerprint density at radius 1 is 0.417 bits per heavy atom. The largest absolute Gasteiger partial charge is 0.456 e. The molecular weight excluding hydrogens is 735 g/mol. The molecular formula is C56H33NO3. The van der Waals surface area contributed by atoms with Crippen LogP contribution in [0.1, 0.15) is 11.5 Å². The van der Waals surface area contributed by atoms with E-state index in [0.29, 0.717) is 0 Å². The van der Waals surface area contributed by atoms with E-state index < -0.39 is 0 Å². The van der Waals surface area contributed by atoms with Crippen LogP contribution in [0.25, 0.3) is 121 Å². The summed E-state index contributed by atoms with van der Waals surface area (Å²) in [5.74, 6) is 0.520. The van der Waals surface area contributed by atoms with Gasteiger partial charge in [0.2, 0.25) is 0 Å². The summed E-state index contributed by atoms with van der Waals surface area (Å²) in [5.41, 5.74) is 13.7. The summed E-state index contributed by atoms with van der Waals surface area (Å²) in [6.45, 7) is 0. The molecule has 4 aromatic heterocycles. The van der Waals surface area contributed by atoms with Crippen LogP contribution in [0, 0.1) is 5.92 Å². The van der Waals surface area contributed by atoms with Gasteiger partial charge in [0.05, 0.1) is 28.8 Å². The van der Waals surface area contributed by atoms with E-state index >= 15 is 0 Å². The smallest absolute Gasteiger partial charge is 0.135 e. The van der Waals surface area contributed by atoms with E-state index in [9.17, 15) is 0 Å². The van der Waals surface area contributed by atoms with E-state index in [2.05, 4.69) is 156 Å². The second-order valence-corrected chi connectivity index (χ2v) is 17.1. The first-order valence-corrected chi connectivity index (χ1v) is 21.0. The van der Waals surface area contributed by atoms with E-state index in [-0.39, 0.29) is 24.0 Å². The van der Waals surface area contributed by atoms with E-state index in [4.69, 9.17) is 13.6 Å². The van der Waals surface area contributed by atoms with Crippen molar-refractivity contribution in [1.82, 2.24) is 4.40 Å². The number of allylic oxidation sites excluding steroid dienone is 2. The summed E-state index contributed by atoms with van der Waals surface area (Å²) in [6, 6.07) is 53.3. The third kappa shape index (κ3) is 4.13. The molecule has 15 rings (SSSR count). The summed E-state index contributed by atoms with van der Waals surface area (Å²) < 4.78 is 21.8. The summed E-state index contributed by atoms with van der Waals surface area (Å²) in [6.07, 6.45) is 11.5. The van der Waals surface area contributed by atoms with Gasteiger partial charge in [0.1, 0.15) is 22.3 Å². The maximum absolute atomic E-state index is 6.88. The van der Waals surface area contributed by atoms with Gasteiger partial charge in [0.25, 0.3) is 0 Å². The number of hydrogen-bond acceptors (Lipinski definition) is 3. The lowest BCUT2D eigenvalue weighted by Gasteiger charge is -2.23. The van der Waals surface area contributed by atoms with Crippen LogP contribution >= 0.6 is 0 Å². The number of ether oxygens (including phenoxy) is 1. The van der Waals surface area contributed by atoms with Gasteiger partial charge in [0, 0.05) is 49.4 Å². The Kier molecular flexibility index (Phi) is 5.89. The molecule has 4 heteroatoms. The van der Waals surface area contributed by atoms with Crippen molar-refractivity contribution in [2.75, 3.05) is 0 Å². The molecule has 3 unspecified atom stereocenters. The van der Waals surface area contributed by atoms with Crippen LogP contribution in [0.2, 0.25) is 0 Å². The van der Waals surface area contributed by atoms with Crippen molar-refractivity contribution in [2.24, 2.45) is 5.92 Å². The van der Waals surface area contributed by atoms with Gasteiger partial charge in [-0.2, -0.15) is 0 Å². The lowest BCUT2D eigenvalue weighted by molar-refractivity contribution is 0.0990. The van der Waals surface area contributed by atoms with Gasteiger partial charge in [-0.25, -0.2) is 0 Å². The van der Waals surface area contributed by atoms with Gasteiger partial charge in [-0.3, -0.25) is 0 Å². The fraction of sp³-hybridized carbons (Fsp3) is 0.0714. The van der Waals surface area contributed by atoms with Crippen LogP contribution in [-0.4, -0.2) is 16.6 Å². The highest BCUT2D eigenvalue weighted by molar-refractivity contribution is 6.12. The molecule has 0 bridgehead atoms. The van der Waals surface area contributed by atoms with Crippen LogP contribution in [0.4, 0.5) is 0 Å². The summed E-state index contributed by atoms with van der Waals surface area (Å²) in [4.78, 5) is 0. The van der Waals surface area contributed by atoms with Gasteiger partial charge < -0.3 is 18.0 Å². The minimum atomic E-state index is -0.00103. The zero-order chi connectivity index (χ0) is 38.8. The van der Waals surface area contributed by atoms with Crippen molar-refractivity contribution < 1.29 is 13.6 Å². The minimum absolute atomic E-state index is 0.00103. The average Bonchev–Trinajstić information content (AvgIpc) is 4.10. The Balaban J connectivity index is 0.964. The Morgan fingerprint density at radius 2 is 0.967 bits per heavy atom. The first-order valence-electron chi connectivity index (χ1n) is 21.0. The molecule has 0 N–H and O–H groups in total. The molecule has 2 aliphatic carbocycles. The number of aromatic nitrogens is 1. The molecule has 0 spiro atoms. The highest BCUT2D eigenvalue weighted by Gasteiger charge is 2.46. The first-order chi connectivity index (χ1) is 29.7. The first kappa shape index (κ1) is 31.6. The number of furan rings is 2. The average molecular weight is 768 g/mol. The van der Waals surface area contributed by atoms with Crippen LogP contribution < -0.4 is 5.22 Å². The molecule has 60 heavy (non-hydrogen) atoms. The Hall–Kier alpha value is -7.40. The molecule has 5 heterocycles. The summed E-state index contributed by atoms with van der Waals surface area (Å²) in [7, 11) is 0. The van der Waals surface area contributed by atoms with Gasteiger partial charge in [-0.15, -0.1) is 0 Å². The van der Waals surface area contributed by atoms with Gasteiger partial charge >= 0.3 is 0 Å². The van der Waals surface area contributed by atoms with Crippen LogP contribution in [0.15, 0.2) is 179 Å². The zero-order valence-electron chi connectivity index (χ0n) is 32.2. The molecule has 1 fully saturated rings. The van der Waals surface area contributed by atoms with Gasteiger partial charge in [-0.05, 0) is 128 Å². The summed E-state index contributed by atoms with van der Waals surface area (Å²) in [5, 5.41) is 13.4. The lowest BCUT2D eigenvalue weighted by atomic mass is 9.77. The maximum Gasteiger partial charge on any atom is 0.135 e. The Labute approximate surface area is 342 Å². The highest BCUT2D eigenvalue weighted by Crippen LogP contribution is 2.51. The molecule has 3 aliphatic rings. The van der Waals surface area contributed by atoms with Gasteiger partial charge in [0.15, 0.2) is 0 Å². The van der Waals surface area contributed by atoms with Gasteiger partial charge in [-0.1, -0.05) is 97.1 Å². The van der Waals surface area contributed by atoms with E-state index in [1.54, 1.807) is 0 Å². The van der Waals surface area contributed by atoms with Crippen LogP contribution in [0.5, 0.6) is 0 Å². The predicted octanol–water partition coefficient (Wildman–Crippen LogP) is 13.8. The van der Waals surface area contributed by atoms with Crippen molar-refractivity contribution in [3.63, 3.8) is 0 Å². The van der Waals surface area contributed by atoms with Crippen LogP contribution in [-0.2, 0) is 4.74 Å². The monoisotopic (exact) mass is 767 g/mol. The van der Waals surface area contributed by atoms with E-state index in [1.165, 1.54) is 81.9 Å². The number of hydrogen-bond donors (Lipinski definition) is 0. The van der Waals surface area contributed by atoms with Crippen molar-refractivity contribution >= 4 is 98.8 Å². The number of fused-ring (bicyclic) bond motifs is 18. The SMILES string of the molecule is C1=CC2OC3C=c4c5cc6ccc(-c7ccc8oc9ccccc9c8c7)cc6cc5n5c4c(c4cc6ccc(-c7ccc8oc9ccccc9c8c7)cc6cc45)[C@@H]3C2C=C1. The highest BCUT2D eigenvalue weighted by atomic mass is 16.5. The molecule has 4 nitrogen and oxygen atoms in total. The molecule has 0 amide bonds. The van der Waals surface area contributed by atoms with Crippen molar-refractivity contribution in [3.8, 4) is 22.3 Å². The minimum Gasteiger partial charge on any atom is -0.456 e. The lowest BCUT2D eigenvalue weighted by Crippen LogP contribution is -2.24. The molecule has 12 aromatic rings. The van der Waals surface area contributed by atoms with E-state index in [0.717, 1.165) is 43.9 Å². The van der Waals surface area contributed by atoms with Crippen LogP contribution in [0.3, 0.4) is 0 Å². The van der Waals surface area contributed by atoms with Crippen molar-refractivity contribution in [2.45, 2.75) is 18.1 Å². The fourth-order valence-electron chi connectivity index (χ4n) is 11.3. The predicted molar refractivity (Wildman–Crippen MR) is 246 cm³/mol. The third-order valence-electron chi connectivity index (χ3n) is 14.0. The number of para-hydroxylation sites is 2.